The molecular formula is C18H18N6. The van der Waals surface area contributed by atoms with Gasteiger partial charge in [-0.2, -0.15) is 10.5 Å². The highest BCUT2D eigenvalue weighted by Crippen LogP contribution is 2.11. The molecule has 0 N–H and O–H groups in total. The SMILES string of the molecule is N#Cc1ccc(CN2CCN(Cc3ccc(C#N)nc3)CC2)cn1. The van der Waals surface area contributed by atoms with Crippen molar-refractivity contribution in [2.75, 3.05) is 26.2 Å². The summed E-state index contributed by atoms with van der Waals surface area (Å²) in [6, 6.07) is 11.6. The van der Waals surface area contributed by atoms with Crippen LogP contribution in [0.25, 0.3) is 0 Å². The third-order valence-corrected chi connectivity index (χ3v) is 4.16. The average Bonchev–Trinajstić information content (AvgIpc) is 2.65. The molecule has 1 aliphatic heterocycles. The number of hydrogen-bond donors (Lipinski definition) is 0. The van der Waals surface area contributed by atoms with Gasteiger partial charge >= 0.3 is 0 Å². The lowest BCUT2D eigenvalue weighted by atomic mass is 10.2. The van der Waals surface area contributed by atoms with E-state index >= 15 is 0 Å². The highest BCUT2D eigenvalue weighted by atomic mass is 15.3. The zero-order chi connectivity index (χ0) is 16.8. The van der Waals surface area contributed by atoms with Gasteiger partial charge in [-0.1, -0.05) is 12.1 Å². The summed E-state index contributed by atoms with van der Waals surface area (Å²) in [5, 5.41) is 17.6. The lowest BCUT2D eigenvalue weighted by Gasteiger charge is -2.34. The van der Waals surface area contributed by atoms with Crippen LogP contribution in [0.5, 0.6) is 0 Å². The van der Waals surface area contributed by atoms with Crippen LogP contribution in [0.4, 0.5) is 0 Å². The minimum atomic E-state index is 0.458. The zero-order valence-corrected chi connectivity index (χ0v) is 13.4. The second-order valence-electron chi connectivity index (χ2n) is 5.88. The lowest BCUT2D eigenvalue weighted by Crippen LogP contribution is -2.45. The molecule has 0 aromatic carbocycles. The van der Waals surface area contributed by atoms with Gasteiger partial charge in [0, 0.05) is 51.7 Å². The molecule has 2 aromatic heterocycles. The molecule has 24 heavy (non-hydrogen) atoms. The van der Waals surface area contributed by atoms with Crippen molar-refractivity contribution in [2.24, 2.45) is 0 Å². The van der Waals surface area contributed by atoms with Gasteiger partial charge in [-0.15, -0.1) is 0 Å². The van der Waals surface area contributed by atoms with E-state index < -0.39 is 0 Å². The number of nitrogens with zero attached hydrogens (tertiary/aromatic N) is 6. The summed E-state index contributed by atoms with van der Waals surface area (Å²) in [5.41, 5.74) is 3.19. The van der Waals surface area contributed by atoms with Gasteiger partial charge in [0.05, 0.1) is 0 Å². The maximum Gasteiger partial charge on any atom is 0.140 e. The van der Waals surface area contributed by atoms with Gasteiger partial charge in [0.1, 0.15) is 23.5 Å². The van der Waals surface area contributed by atoms with E-state index in [4.69, 9.17) is 10.5 Å². The van der Waals surface area contributed by atoms with Crippen LogP contribution in [0, 0.1) is 22.7 Å². The molecule has 0 spiro atoms. The Balaban J connectivity index is 1.48. The summed E-state index contributed by atoms with van der Waals surface area (Å²) in [4.78, 5) is 13.0. The van der Waals surface area contributed by atoms with Crippen LogP contribution in [0.3, 0.4) is 0 Å². The van der Waals surface area contributed by atoms with Gasteiger partial charge in [-0.05, 0) is 23.3 Å². The Hall–Kier alpha value is -2.80. The van der Waals surface area contributed by atoms with Gasteiger partial charge in [0.25, 0.3) is 0 Å². The predicted molar refractivity (Wildman–Crippen MR) is 88.5 cm³/mol. The van der Waals surface area contributed by atoms with Crippen LogP contribution in [0.15, 0.2) is 36.7 Å². The van der Waals surface area contributed by atoms with Crippen LogP contribution in [0.1, 0.15) is 22.5 Å². The molecule has 0 unspecified atom stereocenters. The van der Waals surface area contributed by atoms with Crippen LogP contribution in [-0.4, -0.2) is 45.9 Å². The molecule has 0 radical (unpaired) electrons. The van der Waals surface area contributed by atoms with Gasteiger partial charge in [0.2, 0.25) is 0 Å². The summed E-state index contributed by atoms with van der Waals surface area (Å²) in [7, 11) is 0. The fourth-order valence-electron chi connectivity index (χ4n) is 2.79. The van der Waals surface area contributed by atoms with E-state index in [0.29, 0.717) is 11.4 Å². The van der Waals surface area contributed by atoms with Crippen molar-refractivity contribution in [1.29, 1.82) is 10.5 Å². The van der Waals surface area contributed by atoms with Gasteiger partial charge in [-0.25, -0.2) is 9.97 Å². The molecule has 0 saturated carbocycles. The van der Waals surface area contributed by atoms with Crippen molar-refractivity contribution < 1.29 is 0 Å². The average molecular weight is 318 g/mol. The first-order chi connectivity index (χ1) is 11.8. The van der Waals surface area contributed by atoms with Gasteiger partial charge in [-0.3, -0.25) is 9.80 Å². The van der Waals surface area contributed by atoms with Crippen molar-refractivity contribution in [3.05, 3.63) is 59.2 Å². The molecule has 120 valence electrons. The van der Waals surface area contributed by atoms with E-state index in [0.717, 1.165) is 50.4 Å². The fourth-order valence-corrected chi connectivity index (χ4v) is 2.79. The first kappa shape index (κ1) is 16.1. The summed E-state index contributed by atoms with van der Waals surface area (Å²) in [6.07, 6.45) is 3.57. The number of pyridine rings is 2. The number of aromatic nitrogens is 2. The third-order valence-electron chi connectivity index (χ3n) is 4.16. The Morgan fingerprint density at radius 3 is 1.46 bits per heavy atom. The first-order valence-corrected chi connectivity index (χ1v) is 7.91. The molecule has 1 fully saturated rings. The first-order valence-electron chi connectivity index (χ1n) is 7.91. The van der Waals surface area contributed by atoms with E-state index in [9.17, 15) is 0 Å². The highest BCUT2D eigenvalue weighted by molar-refractivity contribution is 5.24. The van der Waals surface area contributed by atoms with Crippen molar-refractivity contribution in [3.8, 4) is 12.1 Å². The summed E-state index contributed by atoms with van der Waals surface area (Å²) in [5.74, 6) is 0. The maximum absolute atomic E-state index is 8.78. The number of rotatable bonds is 4. The minimum Gasteiger partial charge on any atom is -0.296 e. The van der Waals surface area contributed by atoms with Crippen LogP contribution < -0.4 is 0 Å². The minimum absolute atomic E-state index is 0.458. The molecule has 0 bridgehead atoms. The molecule has 1 aliphatic rings. The van der Waals surface area contributed by atoms with E-state index in [1.807, 2.05) is 24.3 Å². The number of hydrogen-bond acceptors (Lipinski definition) is 6. The molecule has 0 amide bonds. The van der Waals surface area contributed by atoms with Crippen molar-refractivity contribution in [3.63, 3.8) is 0 Å². The van der Waals surface area contributed by atoms with Crippen LogP contribution in [-0.2, 0) is 13.1 Å². The van der Waals surface area contributed by atoms with Crippen molar-refractivity contribution in [2.45, 2.75) is 13.1 Å². The zero-order valence-electron chi connectivity index (χ0n) is 13.4. The Bertz CT molecular complexity index is 679. The molecule has 2 aromatic rings. The molecule has 1 saturated heterocycles. The summed E-state index contributed by atoms with van der Waals surface area (Å²) < 4.78 is 0. The third kappa shape index (κ3) is 4.14. The second kappa shape index (κ2) is 7.65. The Morgan fingerprint density at radius 2 is 1.17 bits per heavy atom. The predicted octanol–water partition coefficient (Wildman–Crippen LogP) is 1.54. The Labute approximate surface area is 141 Å². The topological polar surface area (TPSA) is 79.8 Å². The van der Waals surface area contributed by atoms with Crippen molar-refractivity contribution >= 4 is 0 Å². The second-order valence-corrected chi connectivity index (χ2v) is 5.88. The normalized spacial score (nSPS) is 15.6. The summed E-state index contributed by atoms with van der Waals surface area (Å²) >= 11 is 0. The largest absolute Gasteiger partial charge is 0.296 e. The number of nitriles is 2. The van der Waals surface area contributed by atoms with E-state index in [2.05, 4.69) is 19.8 Å². The monoisotopic (exact) mass is 318 g/mol. The summed E-state index contributed by atoms with van der Waals surface area (Å²) in [6.45, 7) is 5.75. The molecular weight excluding hydrogens is 300 g/mol. The Morgan fingerprint density at radius 1 is 0.750 bits per heavy atom. The molecule has 6 heteroatoms. The maximum atomic E-state index is 8.78. The Kier molecular flexibility index (Phi) is 5.12. The molecule has 0 aliphatic carbocycles. The smallest absolute Gasteiger partial charge is 0.140 e. The fraction of sp³-hybridized carbons (Fsp3) is 0.333. The lowest BCUT2D eigenvalue weighted by molar-refractivity contribution is 0.122. The molecule has 3 heterocycles. The van der Waals surface area contributed by atoms with Gasteiger partial charge < -0.3 is 0 Å². The van der Waals surface area contributed by atoms with E-state index in [1.165, 1.54) is 0 Å². The quantitative estimate of drug-likeness (QED) is 0.850. The standard InChI is InChI=1S/C18H18N6/c19-9-17-3-1-15(11-21-17)13-23-5-7-24(8-6-23)14-16-2-4-18(10-20)22-12-16/h1-4,11-12H,5-8,13-14H2. The molecule has 3 rings (SSSR count). The van der Waals surface area contributed by atoms with E-state index in [1.54, 1.807) is 24.5 Å². The van der Waals surface area contributed by atoms with E-state index in [-0.39, 0.29) is 0 Å². The van der Waals surface area contributed by atoms with Gasteiger partial charge in [0.15, 0.2) is 0 Å². The van der Waals surface area contributed by atoms with Crippen LogP contribution >= 0.6 is 0 Å². The molecule has 6 nitrogen and oxygen atoms in total. The molecule has 0 atom stereocenters. The highest BCUT2D eigenvalue weighted by Gasteiger charge is 2.17. The van der Waals surface area contributed by atoms with Crippen LogP contribution in [0.2, 0.25) is 0 Å². The number of piperazine rings is 1. The van der Waals surface area contributed by atoms with Crippen molar-refractivity contribution in [1.82, 2.24) is 19.8 Å².